The zero-order valence-electron chi connectivity index (χ0n) is 65.0. The molecule has 0 fully saturated rings. The molecule has 9 atom stereocenters. The van der Waals surface area contributed by atoms with E-state index in [2.05, 4.69) is 30.5 Å². The van der Waals surface area contributed by atoms with Gasteiger partial charge in [-0.05, 0) is 141 Å². The monoisotopic (exact) mass is 1630 g/mol. The van der Waals surface area contributed by atoms with Gasteiger partial charge in [0.2, 0.25) is 17.7 Å². The van der Waals surface area contributed by atoms with Crippen LogP contribution in [0.2, 0.25) is 0 Å². The number of esters is 3. The number of aryl methyl sites for hydroxylation is 3. The smallest absolute Gasteiger partial charge is 0.326 e. The van der Waals surface area contributed by atoms with Gasteiger partial charge >= 0.3 is 35.8 Å². The summed E-state index contributed by atoms with van der Waals surface area (Å²) in [6.45, 7) is 5.51. The second-order valence-electron chi connectivity index (χ2n) is 27.8. The molecule has 116 heavy (non-hydrogen) atoms. The van der Waals surface area contributed by atoms with Gasteiger partial charge in [-0.3, -0.25) is 44.7 Å². The van der Waals surface area contributed by atoms with Crippen LogP contribution < -0.4 is 16.0 Å². The number of nitrogens with zero attached hydrogens (tertiary/aromatic N) is 6. The Labute approximate surface area is 675 Å². The minimum absolute atomic E-state index is 0.0137. The summed E-state index contributed by atoms with van der Waals surface area (Å²) in [6, 6.07) is 43.3. The molecule has 6 aromatic rings. The van der Waals surface area contributed by atoms with Gasteiger partial charge in [0.05, 0.1) is 44.6 Å². The van der Waals surface area contributed by atoms with Crippen LogP contribution in [0, 0.1) is 30.3 Å². The van der Waals surface area contributed by atoms with Crippen LogP contribution in [0.1, 0.15) is 122 Å². The SMILES string of the molecule is CC(NC(CCc1ccccc1)C(=O)OCCCCCO[N+](=O)[O-])C(=O)N1Cc2ccccc2CC1C(=O)O.CC(NC(CCc1ccccc1)C(=O)OCCCCO[N+](=O)[O-])C(=O)N1Cc2ccccc2CC1C(=O)O.CC(NC(CCc1ccccc1)C(=O)OCCSCCO[N+](=O)[O-])C(=O)N1Cc2ccccc2CC1C(=O)O. The third kappa shape index (κ3) is 30.6. The normalized spacial score (nSPS) is 16.1. The fraction of sp³-hybridized carbons (Fsp3) is 0.451. The molecule has 0 aliphatic carbocycles. The van der Waals surface area contributed by atoms with Crippen LogP contribution in [-0.2, 0) is 130 Å². The molecule has 6 aromatic carbocycles. The summed E-state index contributed by atoms with van der Waals surface area (Å²) >= 11 is 1.35. The van der Waals surface area contributed by atoms with Crippen molar-refractivity contribution in [2.45, 2.75) is 185 Å². The van der Waals surface area contributed by atoms with Gasteiger partial charge in [0, 0.05) is 50.4 Å². The Kier molecular flexibility index (Phi) is 38.3. The molecule has 6 N–H and O–H groups in total. The van der Waals surface area contributed by atoms with Crippen molar-refractivity contribution >= 4 is 65.3 Å². The van der Waals surface area contributed by atoms with E-state index in [1.807, 2.05) is 164 Å². The topological polar surface area (TPSA) is 445 Å². The fourth-order valence-electron chi connectivity index (χ4n) is 13.5. The number of aliphatic carboxylic acids is 3. The van der Waals surface area contributed by atoms with Crippen molar-refractivity contribution in [1.82, 2.24) is 30.7 Å². The van der Waals surface area contributed by atoms with E-state index in [0.717, 1.165) is 50.1 Å². The first-order valence-electron chi connectivity index (χ1n) is 38.4. The number of carboxylic acids is 3. The van der Waals surface area contributed by atoms with Crippen molar-refractivity contribution in [2.75, 3.05) is 51.1 Å². The summed E-state index contributed by atoms with van der Waals surface area (Å²) in [7, 11) is 0. The van der Waals surface area contributed by atoms with Gasteiger partial charge in [0.15, 0.2) is 0 Å². The van der Waals surface area contributed by atoms with Gasteiger partial charge in [-0.15, -0.1) is 30.3 Å². The van der Waals surface area contributed by atoms with Crippen LogP contribution in [0.5, 0.6) is 0 Å². The highest BCUT2D eigenvalue weighted by Crippen LogP contribution is 2.28. The van der Waals surface area contributed by atoms with Gasteiger partial charge in [-0.25, -0.2) is 14.4 Å². The molecule has 0 spiro atoms. The fourth-order valence-corrected chi connectivity index (χ4v) is 14.0. The number of unbranched alkanes of at least 4 members (excludes halogenated alkanes) is 3. The third-order valence-corrected chi connectivity index (χ3v) is 20.5. The lowest BCUT2D eigenvalue weighted by atomic mass is 9.93. The first kappa shape index (κ1) is 91.6. The van der Waals surface area contributed by atoms with Crippen LogP contribution in [0.25, 0.3) is 0 Å². The number of carboxylic acid groups (broad SMARTS) is 3. The maximum Gasteiger partial charge on any atom is 0.326 e. The number of ether oxygens (including phenoxy) is 3. The van der Waals surface area contributed by atoms with Crippen LogP contribution in [0.4, 0.5) is 0 Å². The highest BCUT2D eigenvalue weighted by atomic mass is 32.2. The number of carbonyl (C=O) groups excluding carboxylic acids is 6. The Morgan fingerprint density at radius 2 is 0.638 bits per heavy atom. The van der Waals surface area contributed by atoms with Crippen molar-refractivity contribution in [2.24, 2.45) is 0 Å². The average Bonchev–Trinajstić information content (AvgIpc) is 0.803. The number of hydrogen-bond acceptors (Lipinski definition) is 25. The quantitative estimate of drug-likeness (QED) is 0.00694. The molecular weight excluding hydrogens is 1530 g/mol. The molecule has 0 radical (unpaired) electrons. The number of carbonyl (C=O) groups is 9. The maximum atomic E-state index is 13.5. The second kappa shape index (κ2) is 48.6. The minimum atomic E-state index is -1.08. The molecule has 624 valence electrons. The lowest BCUT2D eigenvalue weighted by Gasteiger charge is -2.36. The first-order chi connectivity index (χ1) is 55.8. The molecule has 34 heteroatoms. The highest BCUT2D eigenvalue weighted by Gasteiger charge is 2.41. The molecule has 3 amide bonds. The van der Waals surface area contributed by atoms with E-state index < -0.39 is 123 Å². The van der Waals surface area contributed by atoms with Gasteiger partial charge in [-0.2, -0.15) is 11.8 Å². The van der Waals surface area contributed by atoms with E-state index >= 15 is 0 Å². The predicted octanol–water partition coefficient (Wildman–Crippen LogP) is 7.95. The standard InChI is InChI=1S/C28H35N3O8.C27H33N3O8S.C27H33N3O8/c1-20(26(32)30-19-23-13-7-6-12-22(23)18-25(30)27(33)34)29-24(15-14-21-10-4-2-5-11-21)28(35)38-16-8-3-9-17-39-31(36)37;1-19(25(31)29-18-22-10-6-5-9-21(22)17-24(29)26(32)33)28-23(12-11-20-7-3-2-4-8-20)27(34)37-13-15-39-16-14-38-30(35)36;1-19(25(31)29-18-22-12-6-5-11-21(22)17-24(29)26(32)33)28-23(14-13-20-9-3-2-4-10-20)27(34)37-15-7-8-16-38-30(35)36/h2,4-7,10-13,20,24-25,29H,3,8-9,14-19H2,1H3,(H,33,34);2-10,19,23-24,28H,11-18H2,1H3,(H,32,33);2-6,9-12,19,23-24,28H,7-8,13-18H2,1H3,(H,32,33). The average molecular weight is 1630 g/mol. The van der Waals surface area contributed by atoms with Crippen molar-refractivity contribution in [1.29, 1.82) is 0 Å². The van der Waals surface area contributed by atoms with Crippen LogP contribution >= 0.6 is 11.8 Å². The Morgan fingerprint density at radius 1 is 0.379 bits per heavy atom. The lowest BCUT2D eigenvalue weighted by Crippen LogP contribution is -2.56. The van der Waals surface area contributed by atoms with Crippen LogP contribution in [0.15, 0.2) is 164 Å². The van der Waals surface area contributed by atoms with E-state index in [1.165, 1.54) is 26.5 Å². The zero-order valence-corrected chi connectivity index (χ0v) is 65.8. The number of benzene rings is 6. The number of amides is 3. The number of hydrogen-bond donors (Lipinski definition) is 6. The van der Waals surface area contributed by atoms with Crippen molar-refractivity contribution in [3.8, 4) is 0 Å². The molecule has 9 rings (SSSR count). The lowest BCUT2D eigenvalue weighted by molar-refractivity contribution is -0.757. The molecule has 0 aromatic heterocycles. The molecule has 0 saturated heterocycles. The summed E-state index contributed by atoms with van der Waals surface area (Å²) in [5.74, 6) is -5.23. The second-order valence-corrected chi connectivity index (χ2v) is 29.1. The van der Waals surface area contributed by atoms with Gasteiger partial charge < -0.3 is 58.7 Å². The van der Waals surface area contributed by atoms with Gasteiger partial charge in [-0.1, -0.05) is 164 Å². The van der Waals surface area contributed by atoms with E-state index in [-0.39, 0.29) is 78.5 Å². The molecule has 0 bridgehead atoms. The molecule has 33 nitrogen and oxygen atoms in total. The first-order valence-corrected chi connectivity index (χ1v) is 39.5. The minimum Gasteiger partial charge on any atom is -0.480 e. The third-order valence-electron chi connectivity index (χ3n) is 19.6. The van der Waals surface area contributed by atoms with E-state index in [9.17, 15) is 88.8 Å². The molecule has 3 heterocycles. The Bertz CT molecular complexity index is 4030. The molecule has 3 aliphatic rings. The Morgan fingerprint density at radius 3 is 0.948 bits per heavy atom. The number of thioether (sulfide) groups is 1. The predicted molar refractivity (Wildman–Crippen MR) is 422 cm³/mol. The van der Waals surface area contributed by atoms with Crippen LogP contribution in [0.3, 0.4) is 0 Å². The molecule has 0 saturated carbocycles. The highest BCUT2D eigenvalue weighted by molar-refractivity contribution is 7.99. The number of nitrogens with one attached hydrogen (secondary N) is 3. The van der Waals surface area contributed by atoms with Crippen molar-refractivity contribution in [3.63, 3.8) is 0 Å². The Balaban J connectivity index is 0.000000241. The molecule has 3 aliphatic heterocycles. The Hall–Kier alpha value is -11.6. The number of fused-ring (bicyclic) bond motifs is 3. The van der Waals surface area contributed by atoms with E-state index in [4.69, 9.17) is 14.2 Å². The van der Waals surface area contributed by atoms with Crippen molar-refractivity contribution < 1.29 is 102 Å². The van der Waals surface area contributed by atoms with Crippen molar-refractivity contribution in [3.05, 3.63) is 244 Å². The van der Waals surface area contributed by atoms with E-state index in [0.29, 0.717) is 82.1 Å². The summed E-state index contributed by atoms with van der Waals surface area (Å²) in [5, 5.41) is 66.7. The van der Waals surface area contributed by atoms with Gasteiger partial charge in [0.25, 0.3) is 15.3 Å². The largest absolute Gasteiger partial charge is 0.480 e. The summed E-state index contributed by atoms with van der Waals surface area (Å²) in [5.41, 5.74) is 8.48. The zero-order chi connectivity index (χ0) is 83.9. The molecular formula is C82H101N9O24S. The summed E-state index contributed by atoms with van der Waals surface area (Å²) < 4.78 is 16.3. The summed E-state index contributed by atoms with van der Waals surface area (Å²) in [6.07, 6.45) is 5.74. The number of rotatable bonds is 44. The van der Waals surface area contributed by atoms with Gasteiger partial charge in [0.1, 0.15) is 49.5 Å². The van der Waals surface area contributed by atoms with E-state index in [1.54, 1.807) is 20.8 Å². The summed E-state index contributed by atoms with van der Waals surface area (Å²) in [4.78, 5) is 163. The maximum absolute atomic E-state index is 13.5. The molecule has 9 unspecified atom stereocenters. The van der Waals surface area contributed by atoms with Crippen LogP contribution in [-0.4, -0.2) is 204 Å².